The van der Waals surface area contributed by atoms with Crippen LogP contribution in [0.1, 0.15) is 33.1 Å². The predicted octanol–water partition coefficient (Wildman–Crippen LogP) is 0.601. The van der Waals surface area contributed by atoms with E-state index in [1.54, 1.807) is 0 Å². The Morgan fingerprint density at radius 1 is 1.53 bits per heavy atom. The Labute approximate surface area is 102 Å². The lowest BCUT2D eigenvalue weighted by Gasteiger charge is -2.27. The highest BCUT2D eigenvalue weighted by Gasteiger charge is 2.25. The summed E-state index contributed by atoms with van der Waals surface area (Å²) in [6.45, 7) is 4.97. The number of carboxylic acid groups (broad SMARTS) is 1. The highest BCUT2D eigenvalue weighted by molar-refractivity contribution is 5.79. The van der Waals surface area contributed by atoms with Crippen LogP contribution in [0.4, 0.5) is 0 Å². The Hall–Kier alpha value is -1.10. The van der Waals surface area contributed by atoms with Gasteiger partial charge in [-0.2, -0.15) is 0 Å². The summed E-state index contributed by atoms with van der Waals surface area (Å²) in [5.41, 5.74) is 0. The molecule has 1 heterocycles. The molecule has 3 N–H and O–H groups in total. The number of carbonyl (C=O) groups is 2. The van der Waals surface area contributed by atoms with Crippen molar-refractivity contribution >= 4 is 11.9 Å². The van der Waals surface area contributed by atoms with E-state index in [1.165, 1.54) is 0 Å². The fourth-order valence-corrected chi connectivity index (χ4v) is 2.14. The first-order chi connectivity index (χ1) is 8.04. The molecule has 1 fully saturated rings. The van der Waals surface area contributed by atoms with Gasteiger partial charge in [0, 0.05) is 18.5 Å². The highest BCUT2D eigenvalue weighted by atomic mass is 16.4. The molecule has 1 aliphatic heterocycles. The molecule has 17 heavy (non-hydrogen) atoms. The monoisotopic (exact) mass is 242 g/mol. The fourth-order valence-electron chi connectivity index (χ4n) is 2.14. The van der Waals surface area contributed by atoms with Gasteiger partial charge in [0.15, 0.2) is 0 Å². The quantitative estimate of drug-likeness (QED) is 0.659. The van der Waals surface area contributed by atoms with Crippen molar-refractivity contribution in [2.45, 2.75) is 39.2 Å². The molecule has 1 saturated heterocycles. The molecular weight excluding hydrogens is 220 g/mol. The Kier molecular flexibility index (Phi) is 5.41. The number of aliphatic carboxylic acids is 1. The van der Waals surface area contributed by atoms with Gasteiger partial charge in [-0.15, -0.1) is 0 Å². The van der Waals surface area contributed by atoms with Crippen LogP contribution in [0.5, 0.6) is 0 Å². The van der Waals surface area contributed by atoms with E-state index in [9.17, 15) is 9.59 Å². The summed E-state index contributed by atoms with van der Waals surface area (Å²) in [6, 6.07) is 0.362. The molecule has 0 aliphatic carbocycles. The normalized spacial score (nSPS) is 26.2. The van der Waals surface area contributed by atoms with Gasteiger partial charge in [-0.05, 0) is 32.7 Å². The van der Waals surface area contributed by atoms with Crippen molar-refractivity contribution in [1.29, 1.82) is 0 Å². The first-order valence-corrected chi connectivity index (χ1v) is 6.28. The average Bonchev–Trinajstić information content (AvgIpc) is 2.29. The summed E-state index contributed by atoms with van der Waals surface area (Å²) < 4.78 is 0. The second kappa shape index (κ2) is 6.59. The van der Waals surface area contributed by atoms with E-state index < -0.39 is 11.9 Å². The summed E-state index contributed by atoms with van der Waals surface area (Å²) >= 11 is 0. The van der Waals surface area contributed by atoms with Gasteiger partial charge in [-0.1, -0.05) is 6.92 Å². The van der Waals surface area contributed by atoms with E-state index in [-0.39, 0.29) is 18.4 Å². The molecular formula is C12H22N2O3. The van der Waals surface area contributed by atoms with Gasteiger partial charge >= 0.3 is 5.97 Å². The van der Waals surface area contributed by atoms with Crippen molar-refractivity contribution in [2.24, 2.45) is 11.8 Å². The van der Waals surface area contributed by atoms with Crippen molar-refractivity contribution in [3.63, 3.8) is 0 Å². The SMILES string of the molecule is CCC(CNC(=O)C1CCNC(C)C1)C(=O)O. The Morgan fingerprint density at radius 2 is 2.24 bits per heavy atom. The summed E-state index contributed by atoms with van der Waals surface area (Å²) in [5, 5.41) is 14.9. The van der Waals surface area contributed by atoms with Crippen LogP contribution in [0.3, 0.4) is 0 Å². The van der Waals surface area contributed by atoms with Crippen molar-refractivity contribution in [1.82, 2.24) is 10.6 Å². The van der Waals surface area contributed by atoms with Crippen LogP contribution in [-0.4, -0.2) is 36.1 Å². The molecule has 98 valence electrons. The lowest BCUT2D eigenvalue weighted by molar-refractivity contribution is -0.141. The number of carbonyl (C=O) groups excluding carboxylic acids is 1. The molecule has 5 nitrogen and oxygen atoms in total. The van der Waals surface area contributed by atoms with Crippen LogP contribution in [0.15, 0.2) is 0 Å². The number of amides is 1. The van der Waals surface area contributed by atoms with Crippen LogP contribution in [0.2, 0.25) is 0 Å². The zero-order chi connectivity index (χ0) is 12.8. The maximum absolute atomic E-state index is 11.9. The summed E-state index contributed by atoms with van der Waals surface area (Å²) in [5.74, 6) is -1.29. The van der Waals surface area contributed by atoms with Gasteiger partial charge in [0.05, 0.1) is 5.92 Å². The Balaban J connectivity index is 2.35. The third-order valence-electron chi connectivity index (χ3n) is 3.36. The maximum atomic E-state index is 11.9. The third kappa shape index (κ3) is 4.34. The molecule has 0 spiro atoms. The molecule has 0 radical (unpaired) electrons. The van der Waals surface area contributed by atoms with Crippen LogP contribution < -0.4 is 10.6 Å². The van der Waals surface area contributed by atoms with Gasteiger partial charge in [-0.3, -0.25) is 9.59 Å². The second-order valence-electron chi connectivity index (χ2n) is 4.77. The van der Waals surface area contributed by atoms with E-state index in [4.69, 9.17) is 5.11 Å². The van der Waals surface area contributed by atoms with Gasteiger partial charge in [-0.25, -0.2) is 0 Å². The van der Waals surface area contributed by atoms with Crippen molar-refractivity contribution in [3.05, 3.63) is 0 Å². The molecule has 1 amide bonds. The van der Waals surface area contributed by atoms with Crippen molar-refractivity contribution < 1.29 is 14.7 Å². The maximum Gasteiger partial charge on any atom is 0.308 e. The number of hydrogen-bond donors (Lipinski definition) is 3. The predicted molar refractivity (Wildman–Crippen MR) is 64.6 cm³/mol. The lowest BCUT2D eigenvalue weighted by Crippen LogP contribution is -2.43. The molecule has 0 aromatic heterocycles. The minimum absolute atomic E-state index is 0.00181. The van der Waals surface area contributed by atoms with E-state index in [0.29, 0.717) is 12.5 Å². The standard InChI is InChI=1S/C12H22N2O3/c1-3-9(12(16)17)7-14-11(15)10-4-5-13-8(2)6-10/h8-10,13H,3-7H2,1-2H3,(H,14,15)(H,16,17). The van der Waals surface area contributed by atoms with Crippen molar-refractivity contribution in [3.8, 4) is 0 Å². The van der Waals surface area contributed by atoms with Crippen LogP contribution >= 0.6 is 0 Å². The van der Waals surface area contributed by atoms with Crippen molar-refractivity contribution in [2.75, 3.05) is 13.1 Å². The summed E-state index contributed by atoms with van der Waals surface area (Å²) in [7, 11) is 0. The van der Waals surface area contributed by atoms with Crippen LogP contribution in [0.25, 0.3) is 0 Å². The molecule has 3 unspecified atom stereocenters. The topological polar surface area (TPSA) is 78.4 Å². The Bertz CT molecular complexity index is 281. The number of carboxylic acids is 1. The number of hydrogen-bond acceptors (Lipinski definition) is 3. The van der Waals surface area contributed by atoms with Crippen LogP contribution in [-0.2, 0) is 9.59 Å². The van der Waals surface area contributed by atoms with E-state index in [0.717, 1.165) is 19.4 Å². The second-order valence-corrected chi connectivity index (χ2v) is 4.77. The Morgan fingerprint density at radius 3 is 2.76 bits per heavy atom. The molecule has 5 heteroatoms. The molecule has 1 aliphatic rings. The molecule has 0 aromatic rings. The van der Waals surface area contributed by atoms with Gasteiger partial charge in [0.25, 0.3) is 0 Å². The van der Waals surface area contributed by atoms with E-state index in [2.05, 4.69) is 17.6 Å². The molecule has 0 saturated carbocycles. The lowest BCUT2D eigenvalue weighted by atomic mass is 9.92. The minimum Gasteiger partial charge on any atom is -0.481 e. The molecule has 0 bridgehead atoms. The zero-order valence-corrected chi connectivity index (χ0v) is 10.5. The summed E-state index contributed by atoms with van der Waals surface area (Å²) in [6.07, 6.45) is 2.20. The van der Waals surface area contributed by atoms with Crippen LogP contribution in [0, 0.1) is 11.8 Å². The largest absolute Gasteiger partial charge is 0.481 e. The fraction of sp³-hybridized carbons (Fsp3) is 0.833. The molecule has 0 aromatic carbocycles. The first kappa shape index (κ1) is 14.0. The minimum atomic E-state index is -0.841. The number of piperidine rings is 1. The first-order valence-electron chi connectivity index (χ1n) is 6.28. The third-order valence-corrected chi connectivity index (χ3v) is 3.36. The number of nitrogens with one attached hydrogen (secondary N) is 2. The average molecular weight is 242 g/mol. The van der Waals surface area contributed by atoms with E-state index in [1.807, 2.05) is 6.92 Å². The zero-order valence-electron chi connectivity index (χ0n) is 10.5. The summed E-state index contributed by atoms with van der Waals surface area (Å²) in [4.78, 5) is 22.7. The number of rotatable bonds is 5. The highest BCUT2D eigenvalue weighted by Crippen LogP contribution is 2.16. The van der Waals surface area contributed by atoms with Gasteiger partial charge in [0.2, 0.25) is 5.91 Å². The van der Waals surface area contributed by atoms with Gasteiger partial charge in [0.1, 0.15) is 0 Å². The smallest absolute Gasteiger partial charge is 0.308 e. The molecule has 1 rings (SSSR count). The van der Waals surface area contributed by atoms with E-state index >= 15 is 0 Å². The molecule has 3 atom stereocenters. The van der Waals surface area contributed by atoms with Gasteiger partial charge < -0.3 is 15.7 Å².